The summed E-state index contributed by atoms with van der Waals surface area (Å²) < 4.78 is 5.86. The van der Waals surface area contributed by atoms with Gasteiger partial charge in [0.15, 0.2) is 0 Å². The Balaban J connectivity index is 2.75. The van der Waals surface area contributed by atoms with Gasteiger partial charge in [0, 0.05) is 10.8 Å². The predicted octanol–water partition coefficient (Wildman–Crippen LogP) is 3.74. The molecule has 0 atom stereocenters. The van der Waals surface area contributed by atoms with Crippen LogP contribution in [0.2, 0.25) is 0 Å². The van der Waals surface area contributed by atoms with Crippen molar-refractivity contribution in [2.75, 3.05) is 0 Å². The van der Waals surface area contributed by atoms with Gasteiger partial charge in [0.1, 0.15) is 17.6 Å². The maximum absolute atomic E-state index is 5.27. The molecule has 0 saturated carbocycles. The van der Waals surface area contributed by atoms with Crippen LogP contribution < -0.4 is 4.29 Å². The van der Waals surface area contributed by atoms with E-state index in [1.807, 2.05) is 12.1 Å². The molecule has 1 aromatic carbocycles. The maximum Gasteiger partial charge on any atom is 0.148 e. The highest BCUT2D eigenvalue weighted by Crippen LogP contribution is 2.29. The van der Waals surface area contributed by atoms with Crippen LogP contribution in [0.15, 0.2) is 23.6 Å². The van der Waals surface area contributed by atoms with E-state index >= 15 is 0 Å². The van der Waals surface area contributed by atoms with E-state index in [0.717, 1.165) is 0 Å². The first kappa shape index (κ1) is 7.90. The van der Waals surface area contributed by atoms with Crippen molar-refractivity contribution in [3.63, 3.8) is 0 Å². The SMILES string of the molecule is Cc1cc(OCl)cc2sccc12. The maximum atomic E-state index is 5.27. The summed E-state index contributed by atoms with van der Waals surface area (Å²) in [7, 11) is 0. The molecule has 0 aliphatic carbocycles. The lowest BCUT2D eigenvalue weighted by atomic mass is 10.1. The average molecular weight is 199 g/mol. The predicted molar refractivity (Wildman–Crippen MR) is 53.0 cm³/mol. The highest BCUT2D eigenvalue weighted by Gasteiger charge is 2.01. The molecule has 1 heterocycles. The third kappa shape index (κ3) is 1.17. The van der Waals surface area contributed by atoms with E-state index in [2.05, 4.69) is 22.7 Å². The summed E-state index contributed by atoms with van der Waals surface area (Å²) in [5.74, 6) is 0.712. The Labute approximate surface area is 79.7 Å². The van der Waals surface area contributed by atoms with Crippen molar-refractivity contribution in [3.05, 3.63) is 29.1 Å². The molecule has 2 aromatic rings. The monoisotopic (exact) mass is 198 g/mol. The smallest absolute Gasteiger partial charge is 0.148 e. The van der Waals surface area contributed by atoms with Gasteiger partial charge in [-0.15, -0.1) is 11.3 Å². The molecule has 0 amide bonds. The van der Waals surface area contributed by atoms with Crippen molar-refractivity contribution in [1.29, 1.82) is 0 Å². The zero-order valence-corrected chi connectivity index (χ0v) is 8.08. The van der Waals surface area contributed by atoms with Crippen LogP contribution in [0, 0.1) is 6.92 Å². The topological polar surface area (TPSA) is 9.23 Å². The van der Waals surface area contributed by atoms with Gasteiger partial charge < -0.3 is 4.29 Å². The van der Waals surface area contributed by atoms with E-state index in [1.54, 1.807) is 11.3 Å². The lowest BCUT2D eigenvalue weighted by Crippen LogP contribution is -1.77. The lowest BCUT2D eigenvalue weighted by molar-refractivity contribution is 0.620. The van der Waals surface area contributed by atoms with E-state index in [4.69, 9.17) is 11.9 Å². The molecule has 3 heteroatoms. The van der Waals surface area contributed by atoms with Crippen molar-refractivity contribution in [2.24, 2.45) is 0 Å². The molecule has 1 nitrogen and oxygen atoms in total. The molecule has 2 rings (SSSR count). The van der Waals surface area contributed by atoms with Crippen molar-refractivity contribution in [2.45, 2.75) is 6.92 Å². The number of thiophene rings is 1. The summed E-state index contributed by atoms with van der Waals surface area (Å²) in [5, 5.41) is 3.34. The number of benzene rings is 1. The molecule has 0 bridgehead atoms. The summed E-state index contributed by atoms with van der Waals surface area (Å²) in [6.45, 7) is 2.05. The molecule has 0 N–H and O–H groups in total. The number of fused-ring (bicyclic) bond motifs is 1. The Hall–Kier alpha value is -0.730. The first-order valence-corrected chi connectivity index (χ1v) is 4.76. The van der Waals surface area contributed by atoms with E-state index in [-0.39, 0.29) is 0 Å². The molecule has 12 heavy (non-hydrogen) atoms. The van der Waals surface area contributed by atoms with Crippen LogP contribution >= 0.6 is 23.2 Å². The minimum absolute atomic E-state index is 0.712. The molecule has 1 aromatic heterocycles. The van der Waals surface area contributed by atoms with Gasteiger partial charge in [-0.1, -0.05) is 0 Å². The van der Waals surface area contributed by atoms with Crippen LogP contribution in [-0.4, -0.2) is 0 Å². The summed E-state index contributed by atoms with van der Waals surface area (Å²) in [6, 6.07) is 5.98. The number of rotatable bonds is 1. The second-order valence-corrected chi connectivity index (χ2v) is 3.75. The van der Waals surface area contributed by atoms with Gasteiger partial charge in [-0.3, -0.25) is 0 Å². The molecular weight excluding hydrogens is 192 g/mol. The molecular formula is C9H7ClOS. The summed E-state index contributed by atoms with van der Waals surface area (Å²) >= 11 is 6.96. The lowest BCUT2D eigenvalue weighted by Gasteiger charge is -1.99. The van der Waals surface area contributed by atoms with Crippen LogP contribution in [0.4, 0.5) is 0 Å². The van der Waals surface area contributed by atoms with E-state index < -0.39 is 0 Å². The highest BCUT2D eigenvalue weighted by molar-refractivity contribution is 7.17. The van der Waals surface area contributed by atoms with Crippen LogP contribution in [0.25, 0.3) is 10.1 Å². The molecule has 0 saturated heterocycles. The first-order chi connectivity index (χ1) is 5.81. The second kappa shape index (κ2) is 2.96. The third-order valence-electron chi connectivity index (χ3n) is 1.84. The Kier molecular flexibility index (Phi) is 1.95. The highest BCUT2D eigenvalue weighted by atomic mass is 35.5. The average Bonchev–Trinajstić information content (AvgIpc) is 2.52. The quantitative estimate of drug-likeness (QED) is 0.678. The van der Waals surface area contributed by atoms with Crippen molar-refractivity contribution in [3.8, 4) is 5.75 Å². The Morgan fingerprint density at radius 2 is 2.25 bits per heavy atom. The number of hydrogen-bond donors (Lipinski definition) is 0. The fourth-order valence-corrected chi connectivity index (χ4v) is 2.25. The number of aryl methyl sites for hydroxylation is 1. The van der Waals surface area contributed by atoms with E-state index in [1.165, 1.54) is 15.6 Å². The van der Waals surface area contributed by atoms with Crippen LogP contribution in [0.1, 0.15) is 5.56 Å². The zero-order chi connectivity index (χ0) is 8.55. The van der Waals surface area contributed by atoms with Gasteiger partial charge in [-0.25, -0.2) is 0 Å². The second-order valence-electron chi connectivity index (χ2n) is 2.65. The first-order valence-electron chi connectivity index (χ1n) is 3.57. The van der Waals surface area contributed by atoms with Gasteiger partial charge in [0.25, 0.3) is 0 Å². The Morgan fingerprint density at radius 1 is 1.42 bits per heavy atom. The van der Waals surface area contributed by atoms with Crippen LogP contribution in [0.5, 0.6) is 5.75 Å². The molecule has 0 aliphatic rings. The van der Waals surface area contributed by atoms with Gasteiger partial charge >= 0.3 is 0 Å². The molecule has 0 unspecified atom stereocenters. The van der Waals surface area contributed by atoms with Gasteiger partial charge in [-0.2, -0.15) is 0 Å². The van der Waals surface area contributed by atoms with Crippen LogP contribution in [0.3, 0.4) is 0 Å². The number of hydrogen-bond acceptors (Lipinski definition) is 2. The van der Waals surface area contributed by atoms with Gasteiger partial charge in [0.2, 0.25) is 0 Å². The third-order valence-corrected chi connectivity index (χ3v) is 2.88. The zero-order valence-electron chi connectivity index (χ0n) is 6.50. The van der Waals surface area contributed by atoms with E-state index in [9.17, 15) is 0 Å². The largest absolute Gasteiger partial charge is 0.386 e. The van der Waals surface area contributed by atoms with Crippen molar-refractivity contribution < 1.29 is 4.29 Å². The van der Waals surface area contributed by atoms with Crippen molar-refractivity contribution >= 4 is 33.3 Å². The molecule has 62 valence electrons. The Bertz CT molecular complexity index is 408. The molecule has 0 aliphatic heterocycles. The fraction of sp³-hybridized carbons (Fsp3) is 0.111. The molecule has 0 fully saturated rings. The number of halogens is 1. The van der Waals surface area contributed by atoms with Gasteiger partial charge in [0.05, 0.1) is 0 Å². The molecule has 0 radical (unpaired) electrons. The van der Waals surface area contributed by atoms with Crippen LogP contribution in [-0.2, 0) is 0 Å². The minimum Gasteiger partial charge on any atom is -0.386 e. The summed E-state index contributed by atoms with van der Waals surface area (Å²) in [5.41, 5.74) is 1.20. The summed E-state index contributed by atoms with van der Waals surface area (Å²) in [4.78, 5) is 0. The minimum atomic E-state index is 0.712. The van der Waals surface area contributed by atoms with Crippen molar-refractivity contribution in [1.82, 2.24) is 0 Å². The summed E-state index contributed by atoms with van der Waals surface area (Å²) in [6.07, 6.45) is 0. The van der Waals surface area contributed by atoms with Gasteiger partial charge in [-0.05, 0) is 35.4 Å². The standard InChI is InChI=1S/C9H7ClOS/c1-6-4-7(11-10)5-9-8(6)2-3-12-9/h2-5H,1H3. The Morgan fingerprint density at radius 3 is 3.00 bits per heavy atom. The van der Waals surface area contributed by atoms with E-state index in [0.29, 0.717) is 5.75 Å². The molecule has 0 spiro atoms. The normalized spacial score (nSPS) is 10.5. The fourth-order valence-electron chi connectivity index (χ4n) is 1.27.